The molecule has 1 aliphatic heterocycles. The molecule has 46 heavy (non-hydrogen) atoms. The van der Waals surface area contributed by atoms with Crippen LogP contribution in [0.1, 0.15) is 28.3 Å². The lowest BCUT2D eigenvalue weighted by atomic mass is 9.91. The number of alkyl halides is 3. The summed E-state index contributed by atoms with van der Waals surface area (Å²) in [6.45, 7) is -0.447. The van der Waals surface area contributed by atoms with Crippen molar-refractivity contribution in [3.63, 3.8) is 0 Å². The number of nitrogens with one attached hydrogen (secondary N) is 1. The Balaban J connectivity index is 1.74. The van der Waals surface area contributed by atoms with Crippen molar-refractivity contribution in [2.45, 2.75) is 30.2 Å². The van der Waals surface area contributed by atoms with E-state index in [1.165, 1.54) is 13.1 Å². The lowest BCUT2D eigenvalue weighted by Crippen LogP contribution is -2.48. The zero-order valence-electron chi connectivity index (χ0n) is 24.5. The van der Waals surface area contributed by atoms with Crippen LogP contribution in [0.2, 0.25) is 0 Å². The van der Waals surface area contributed by atoms with Crippen molar-refractivity contribution in [2.75, 3.05) is 18.9 Å². The molecule has 1 aliphatic rings. The number of rotatable bonds is 7. The molecule has 0 bridgehead atoms. The first-order valence-electron chi connectivity index (χ1n) is 14.3. The van der Waals surface area contributed by atoms with Gasteiger partial charge in [0.2, 0.25) is 0 Å². The number of carbonyl (C=O) groups is 1. The Bertz CT molecular complexity index is 2140. The number of likely N-dealkylation sites (N-methyl/N-ethyl adjacent to an activating group) is 1. The van der Waals surface area contributed by atoms with Crippen molar-refractivity contribution < 1.29 is 31.5 Å². The molecule has 0 spiro atoms. The van der Waals surface area contributed by atoms with Gasteiger partial charge in [-0.05, 0) is 45.2 Å². The first kappa shape index (κ1) is 31.1. The van der Waals surface area contributed by atoms with E-state index in [2.05, 4.69) is 5.32 Å². The van der Waals surface area contributed by atoms with Gasteiger partial charge in [0.1, 0.15) is 11.7 Å². The van der Waals surface area contributed by atoms with Gasteiger partial charge >= 0.3 is 12.1 Å². The van der Waals surface area contributed by atoms with Crippen molar-refractivity contribution in [1.29, 1.82) is 0 Å². The summed E-state index contributed by atoms with van der Waals surface area (Å²) in [5.41, 5.74) is -0.739. The highest BCUT2D eigenvalue weighted by Crippen LogP contribution is 2.42. The number of halogens is 3. The number of benzene rings is 4. The van der Waals surface area contributed by atoms with E-state index in [4.69, 9.17) is 0 Å². The summed E-state index contributed by atoms with van der Waals surface area (Å²) >= 11 is 0. The van der Waals surface area contributed by atoms with Gasteiger partial charge in [0.25, 0.3) is 15.6 Å². The number of hydrogen-bond donors (Lipinski definition) is 2. The van der Waals surface area contributed by atoms with Crippen LogP contribution >= 0.6 is 0 Å². The molecular weight excluding hydrogens is 619 g/mol. The Hall–Kier alpha value is -4.94. The van der Waals surface area contributed by atoms with Crippen molar-refractivity contribution >= 4 is 32.5 Å². The van der Waals surface area contributed by atoms with E-state index in [1.54, 1.807) is 36.4 Å². The SMILES string of the molecule is CN1CC(C(=O)O)n2c(c(-c3cccc(C(F)(F)F)c3)c(Cc3cccc4ccccc34)c(NCc3ccccc3)c2=O)S1(=O)=O. The van der Waals surface area contributed by atoms with Gasteiger partial charge in [-0.3, -0.25) is 9.36 Å². The molecule has 8 nitrogen and oxygen atoms in total. The molecule has 4 aromatic carbocycles. The van der Waals surface area contributed by atoms with Gasteiger partial charge in [-0.1, -0.05) is 84.9 Å². The summed E-state index contributed by atoms with van der Waals surface area (Å²) < 4.78 is 71.6. The predicted molar refractivity (Wildman–Crippen MR) is 168 cm³/mol. The van der Waals surface area contributed by atoms with E-state index >= 15 is 0 Å². The van der Waals surface area contributed by atoms with Crippen molar-refractivity contribution in [3.8, 4) is 11.1 Å². The van der Waals surface area contributed by atoms with Crippen molar-refractivity contribution in [3.05, 3.63) is 130 Å². The molecule has 5 aromatic rings. The Morgan fingerprint density at radius 2 is 1.63 bits per heavy atom. The van der Waals surface area contributed by atoms with Gasteiger partial charge in [0.15, 0.2) is 5.03 Å². The lowest BCUT2D eigenvalue weighted by molar-refractivity contribution is -0.141. The Morgan fingerprint density at radius 3 is 2.35 bits per heavy atom. The van der Waals surface area contributed by atoms with E-state index in [0.717, 1.165) is 38.8 Å². The zero-order chi connectivity index (χ0) is 32.8. The summed E-state index contributed by atoms with van der Waals surface area (Å²) in [6.07, 6.45) is -4.81. The van der Waals surface area contributed by atoms with E-state index in [0.29, 0.717) is 10.1 Å². The minimum Gasteiger partial charge on any atom is -0.480 e. The monoisotopic (exact) mass is 647 g/mol. The number of carboxylic acids is 1. The maximum absolute atomic E-state index is 14.4. The molecule has 0 radical (unpaired) electrons. The van der Waals surface area contributed by atoms with Crippen LogP contribution in [0.15, 0.2) is 107 Å². The number of nitrogens with zero attached hydrogens (tertiary/aromatic N) is 2. The fraction of sp³-hybridized carbons (Fsp3) is 0.176. The minimum absolute atomic E-state index is 0.0515. The Labute approximate surface area is 262 Å². The number of fused-ring (bicyclic) bond motifs is 2. The summed E-state index contributed by atoms with van der Waals surface area (Å²) in [7, 11) is -3.37. The molecule has 236 valence electrons. The molecule has 0 aliphatic carbocycles. The maximum atomic E-state index is 14.4. The number of aliphatic carboxylic acids is 1. The van der Waals surface area contributed by atoms with E-state index in [9.17, 15) is 36.3 Å². The topological polar surface area (TPSA) is 109 Å². The largest absolute Gasteiger partial charge is 0.480 e. The van der Waals surface area contributed by atoms with Crippen LogP contribution in [0.4, 0.5) is 18.9 Å². The van der Waals surface area contributed by atoms with Crippen molar-refractivity contribution in [2.24, 2.45) is 0 Å². The Morgan fingerprint density at radius 1 is 0.957 bits per heavy atom. The molecule has 0 fully saturated rings. The zero-order valence-corrected chi connectivity index (χ0v) is 25.3. The van der Waals surface area contributed by atoms with Gasteiger partial charge in [-0.15, -0.1) is 0 Å². The molecule has 0 saturated heterocycles. The normalized spacial score (nSPS) is 16.2. The van der Waals surface area contributed by atoms with Crippen LogP contribution in [0, 0.1) is 0 Å². The predicted octanol–water partition coefficient (Wildman–Crippen LogP) is 6.15. The van der Waals surface area contributed by atoms with Crippen molar-refractivity contribution in [1.82, 2.24) is 8.87 Å². The average Bonchev–Trinajstić information content (AvgIpc) is 3.03. The molecule has 1 unspecified atom stereocenters. The first-order chi connectivity index (χ1) is 21.9. The molecular formula is C34H28F3N3O5S. The summed E-state index contributed by atoms with van der Waals surface area (Å²) in [4.78, 5) is 26.9. The number of hydrogen-bond acceptors (Lipinski definition) is 5. The molecule has 2 heterocycles. The van der Waals surface area contributed by atoms with Gasteiger partial charge in [0, 0.05) is 32.1 Å². The van der Waals surface area contributed by atoms with E-state index < -0.39 is 50.9 Å². The molecule has 6 rings (SSSR count). The fourth-order valence-electron chi connectivity index (χ4n) is 5.94. The molecule has 0 saturated carbocycles. The highest BCUT2D eigenvalue weighted by atomic mass is 32.2. The maximum Gasteiger partial charge on any atom is 0.416 e. The van der Waals surface area contributed by atoms with Gasteiger partial charge in [-0.25, -0.2) is 13.2 Å². The highest BCUT2D eigenvalue weighted by molar-refractivity contribution is 7.89. The van der Waals surface area contributed by atoms with Crippen LogP contribution in [-0.4, -0.2) is 42.0 Å². The van der Waals surface area contributed by atoms with Crippen LogP contribution in [-0.2, 0) is 34.0 Å². The van der Waals surface area contributed by atoms with Crippen LogP contribution in [0.5, 0.6) is 0 Å². The third-order valence-electron chi connectivity index (χ3n) is 8.19. The number of aromatic nitrogens is 1. The molecule has 12 heteroatoms. The van der Waals surface area contributed by atoms with Gasteiger partial charge < -0.3 is 10.4 Å². The summed E-state index contributed by atoms with van der Waals surface area (Å²) in [5, 5.41) is 14.3. The second kappa shape index (κ2) is 11.8. The van der Waals surface area contributed by atoms with Gasteiger partial charge in [0.05, 0.1) is 5.56 Å². The standard InChI is InChI=1S/C34H28F3N3O5S/c1-39-20-28(33(42)43)40-31(41)30(38-19-21-9-3-2-4-10-21)27(18-23-13-7-12-22-11-5-6-16-26(22)23)29(32(40)46(39,44)45)24-14-8-15-25(17-24)34(35,36)37/h2-17,28,38H,18-20H2,1H3,(H,42,43). The smallest absolute Gasteiger partial charge is 0.416 e. The second-order valence-corrected chi connectivity index (χ2v) is 13.0. The van der Waals surface area contributed by atoms with Crippen LogP contribution in [0.3, 0.4) is 0 Å². The van der Waals surface area contributed by atoms with E-state index in [1.807, 2.05) is 36.4 Å². The number of carboxylic acid groups (broad SMARTS) is 1. The number of anilines is 1. The highest BCUT2D eigenvalue weighted by Gasteiger charge is 2.43. The van der Waals surface area contributed by atoms with E-state index in [-0.39, 0.29) is 35.3 Å². The lowest BCUT2D eigenvalue weighted by Gasteiger charge is -2.34. The fourth-order valence-corrected chi connectivity index (χ4v) is 7.53. The summed E-state index contributed by atoms with van der Waals surface area (Å²) in [6, 6.07) is 24.5. The first-order valence-corrected chi connectivity index (χ1v) is 15.7. The minimum atomic E-state index is -4.76. The second-order valence-electron chi connectivity index (χ2n) is 11.1. The average molecular weight is 648 g/mol. The summed E-state index contributed by atoms with van der Waals surface area (Å²) in [5.74, 6) is -1.46. The Kier molecular flexibility index (Phi) is 7.95. The molecule has 1 atom stereocenters. The third-order valence-corrected chi connectivity index (χ3v) is 10.0. The molecule has 0 amide bonds. The molecule has 2 N–H and O–H groups in total. The molecule has 1 aromatic heterocycles. The van der Waals surface area contributed by atoms with Gasteiger partial charge in [-0.2, -0.15) is 17.5 Å². The third kappa shape index (κ3) is 5.54. The van der Waals surface area contributed by atoms with Crippen LogP contribution < -0.4 is 10.9 Å². The quantitative estimate of drug-likeness (QED) is 0.220. The number of sulfonamides is 1. The number of pyridine rings is 1. The van der Waals surface area contributed by atoms with Crippen LogP contribution in [0.25, 0.3) is 21.9 Å².